The molecule has 2 aromatic carbocycles. The topological polar surface area (TPSA) is 162 Å². The number of ketones is 2. The predicted octanol–water partition coefficient (Wildman–Crippen LogP) is 4.77. The summed E-state index contributed by atoms with van der Waals surface area (Å²) < 4.78 is 138. The van der Waals surface area contributed by atoms with Gasteiger partial charge in [-0.2, -0.15) is 34.8 Å². The third kappa shape index (κ3) is 9.74. The minimum atomic E-state index is -4.96. The fourth-order valence-corrected chi connectivity index (χ4v) is 6.87. The normalized spacial score (nSPS) is 15.1. The van der Waals surface area contributed by atoms with Gasteiger partial charge in [0.2, 0.25) is 21.6 Å². The third-order valence-corrected chi connectivity index (χ3v) is 9.95. The van der Waals surface area contributed by atoms with E-state index in [4.69, 9.17) is 14.6 Å². The molecule has 19 heteroatoms. The van der Waals surface area contributed by atoms with Crippen molar-refractivity contribution in [2.75, 3.05) is 27.3 Å². The number of ether oxygens (including phenoxy) is 2. The van der Waals surface area contributed by atoms with Crippen molar-refractivity contribution in [2.24, 2.45) is 9.54 Å². The van der Waals surface area contributed by atoms with Crippen molar-refractivity contribution in [3.05, 3.63) is 46.5 Å². The van der Waals surface area contributed by atoms with Gasteiger partial charge < -0.3 is 14.4 Å². The summed E-state index contributed by atoms with van der Waals surface area (Å²) in [7, 11) is -4.87. The van der Waals surface area contributed by atoms with Gasteiger partial charge in [-0.15, -0.1) is 4.40 Å². The first-order valence-electron chi connectivity index (χ1n) is 14.9. The van der Waals surface area contributed by atoms with E-state index in [1.54, 1.807) is 14.1 Å². The number of nitrogens with zero attached hydrogens (tertiary/aromatic N) is 2. The number of carbonyl (C=O) groups excluding carboxylic acids is 2. The van der Waals surface area contributed by atoms with Gasteiger partial charge in [-0.3, -0.25) is 9.59 Å². The van der Waals surface area contributed by atoms with Crippen LogP contribution in [0.5, 0.6) is 11.5 Å². The summed E-state index contributed by atoms with van der Waals surface area (Å²) in [5.74, 6) is -3.09. The molecule has 0 aliphatic carbocycles. The van der Waals surface area contributed by atoms with Gasteiger partial charge in [-0.25, -0.2) is 13.6 Å². The molecule has 50 heavy (non-hydrogen) atoms. The fourth-order valence-electron chi connectivity index (χ4n) is 5.29. The Balaban J connectivity index is 0.000000274. The van der Waals surface area contributed by atoms with Gasteiger partial charge in [0.1, 0.15) is 17.8 Å². The summed E-state index contributed by atoms with van der Waals surface area (Å²) in [6.07, 6.45) is -9.57. The van der Waals surface area contributed by atoms with Gasteiger partial charge in [-0.05, 0) is 35.4 Å². The van der Waals surface area contributed by atoms with E-state index >= 15 is 0 Å². The Morgan fingerprint density at radius 1 is 0.760 bits per heavy atom. The molecule has 0 saturated carbocycles. The van der Waals surface area contributed by atoms with Crippen molar-refractivity contribution in [1.29, 1.82) is 0 Å². The third-order valence-electron chi connectivity index (χ3n) is 7.85. The van der Waals surface area contributed by atoms with Crippen LogP contribution >= 0.6 is 0 Å². The number of carbonyl (C=O) groups is 2. The number of nitrogens with two attached hydrogens (primary N) is 1. The Morgan fingerprint density at radius 3 is 1.50 bits per heavy atom. The Morgan fingerprint density at radius 2 is 1.14 bits per heavy atom. The molecule has 2 N–H and O–H groups in total. The van der Waals surface area contributed by atoms with Crippen LogP contribution in [-0.4, -0.2) is 79.3 Å². The molecule has 0 aromatic heterocycles. The highest BCUT2D eigenvalue weighted by molar-refractivity contribution is 7.90. The summed E-state index contributed by atoms with van der Waals surface area (Å²) in [6, 6.07) is 5.19. The molecule has 0 radical (unpaired) electrons. The van der Waals surface area contributed by atoms with Crippen molar-refractivity contribution in [3.8, 4) is 11.5 Å². The maximum Gasteiger partial charge on any atom is 0.450 e. The van der Waals surface area contributed by atoms with Gasteiger partial charge in [-0.1, -0.05) is 27.7 Å². The summed E-state index contributed by atoms with van der Waals surface area (Å²) in [5, 5.41) is 5.12. The minimum absolute atomic E-state index is 0.146. The average Bonchev–Trinajstić information content (AvgIpc) is 3.63. The molecular weight excluding hydrogens is 720 g/mol. The SMILES string of the molecule is CC(C)(CC(=O)C(F)(F)F)c1cc(S(N)(=O)=O)cc2c1OCC2.CN(C)C=NS(=O)(=O)c1cc2c(c(C(C)(C)CC(=O)C(F)(F)F)c1)OCC2. The smallest absolute Gasteiger partial charge is 0.450 e. The molecule has 2 aliphatic rings. The first-order valence-corrected chi connectivity index (χ1v) is 17.8. The Hall–Kier alpha value is -3.71. The van der Waals surface area contributed by atoms with Crippen LogP contribution < -0.4 is 14.6 Å². The second kappa shape index (κ2) is 14.1. The monoisotopic (exact) mass is 757 g/mol. The van der Waals surface area contributed by atoms with Crippen molar-refractivity contribution in [1.82, 2.24) is 4.90 Å². The quantitative estimate of drug-likeness (QED) is 0.205. The van der Waals surface area contributed by atoms with Crippen molar-refractivity contribution >= 4 is 38.0 Å². The molecule has 11 nitrogen and oxygen atoms in total. The predicted molar refractivity (Wildman–Crippen MR) is 169 cm³/mol. The molecule has 0 fully saturated rings. The lowest BCUT2D eigenvalue weighted by Gasteiger charge is -2.27. The Labute approximate surface area is 285 Å². The Bertz CT molecular complexity index is 1900. The van der Waals surface area contributed by atoms with E-state index in [-0.39, 0.29) is 27.5 Å². The van der Waals surface area contributed by atoms with Gasteiger partial charge in [0.25, 0.3) is 10.0 Å². The fraction of sp³-hybridized carbons (Fsp3) is 0.516. The van der Waals surface area contributed by atoms with Crippen LogP contribution in [0.15, 0.2) is 38.5 Å². The van der Waals surface area contributed by atoms with Crippen LogP contribution in [0.2, 0.25) is 0 Å². The molecule has 278 valence electrons. The van der Waals surface area contributed by atoms with E-state index in [9.17, 15) is 52.8 Å². The summed E-state index contributed by atoms with van der Waals surface area (Å²) in [5.41, 5.74) is -0.944. The first-order chi connectivity index (χ1) is 22.6. The molecular formula is C31H37F6N3O8S2. The first kappa shape index (κ1) is 40.7. The summed E-state index contributed by atoms with van der Waals surface area (Å²) in [6.45, 7) is 6.35. The highest BCUT2D eigenvalue weighted by Gasteiger charge is 2.44. The van der Waals surface area contributed by atoms with Gasteiger partial charge in [0.15, 0.2) is 0 Å². The summed E-state index contributed by atoms with van der Waals surface area (Å²) in [4.78, 5) is 23.9. The number of sulfonamides is 2. The van der Waals surface area contributed by atoms with E-state index in [1.807, 2.05) is 0 Å². The van der Waals surface area contributed by atoms with Crippen LogP contribution in [0.3, 0.4) is 0 Å². The molecule has 0 atom stereocenters. The van der Waals surface area contributed by atoms with Gasteiger partial charge >= 0.3 is 12.4 Å². The van der Waals surface area contributed by atoms with E-state index in [0.29, 0.717) is 42.1 Å². The molecule has 4 rings (SSSR count). The second-order valence-corrected chi connectivity index (χ2v) is 16.5. The molecule has 0 spiro atoms. The molecule has 2 aromatic rings. The minimum Gasteiger partial charge on any atom is -0.493 e. The molecule has 0 bridgehead atoms. The number of hydrogen-bond donors (Lipinski definition) is 1. The van der Waals surface area contributed by atoms with Crippen molar-refractivity contribution in [2.45, 2.75) is 86.4 Å². The number of alkyl halides is 6. The maximum absolute atomic E-state index is 12.7. The highest BCUT2D eigenvalue weighted by atomic mass is 32.2. The lowest BCUT2D eigenvalue weighted by molar-refractivity contribution is -0.172. The van der Waals surface area contributed by atoms with Gasteiger partial charge in [0.05, 0.1) is 23.0 Å². The van der Waals surface area contributed by atoms with E-state index < -0.39 is 67.6 Å². The van der Waals surface area contributed by atoms with Crippen LogP contribution in [0.4, 0.5) is 26.3 Å². The van der Waals surface area contributed by atoms with Gasteiger partial charge in [0, 0.05) is 61.7 Å². The highest BCUT2D eigenvalue weighted by Crippen LogP contribution is 2.44. The largest absolute Gasteiger partial charge is 0.493 e. The molecule has 0 unspecified atom stereocenters. The summed E-state index contributed by atoms with van der Waals surface area (Å²) >= 11 is 0. The number of benzene rings is 2. The van der Waals surface area contributed by atoms with E-state index in [0.717, 1.165) is 6.34 Å². The van der Waals surface area contributed by atoms with Crippen LogP contribution in [-0.2, 0) is 53.3 Å². The zero-order valence-electron chi connectivity index (χ0n) is 28.0. The van der Waals surface area contributed by atoms with Crippen LogP contribution in [0.25, 0.3) is 0 Å². The number of hydrogen-bond acceptors (Lipinski definition) is 8. The zero-order chi connectivity index (χ0) is 38.3. The molecule has 0 saturated heterocycles. The lowest BCUT2D eigenvalue weighted by atomic mass is 9.79. The standard InChI is InChI=1S/C17H21F3N2O4S.C14H16F3NO4S/c1-16(2,9-14(23)17(18,19)20)13-8-12(7-11-5-6-26-15(11)13)27(24,25)21-10-22(3)4;1-13(2,7-11(19)14(15,16)17)10-6-9(23(18,20)21)5-8-3-4-22-12(8)10/h7-8,10H,5-6,9H2,1-4H3;5-6H,3-4,7H2,1-2H3,(H2,18,20,21). The average molecular weight is 758 g/mol. The van der Waals surface area contributed by atoms with Crippen molar-refractivity contribution in [3.63, 3.8) is 0 Å². The second-order valence-electron chi connectivity index (χ2n) is 13.3. The van der Waals surface area contributed by atoms with E-state index in [1.165, 1.54) is 56.9 Å². The van der Waals surface area contributed by atoms with Crippen molar-refractivity contribution < 1.29 is 62.2 Å². The number of primary sulfonamides is 1. The van der Waals surface area contributed by atoms with Crippen LogP contribution in [0.1, 0.15) is 62.8 Å². The number of Topliss-reactive ketones (excluding diaryl/α,β-unsaturated/α-hetero) is 2. The maximum atomic E-state index is 12.7. The van der Waals surface area contributed by atoms with E-state index in [2.05, 4.69) is 4.40 Å². The number of halogens is 6. The number of rotatable bonds is 10. The molecule has 2 aliphatic heterocycles. The Kier molecular flexibility index (Phi) is 11.5. The number of fused-ring (bicyclic) bond motifs is 2. The zero-order valence-corrected chi connectivity index (χ0v) is 29.6. The molecule has 2 heterocycles. The van der Waals surface area contributed by atoms with Crippen LogP contribution in [0, 0.1) is 0 Å². The molecule has 0 amide bonds. The lowest BCUT2D eigenvalue weighted by Crippen LogP contribution is -2.31.